The number of carbonyl (C=O) groups excluding carboxylic acids is 2. The molecule has 0 bridgehead atoms. The Hall–Kier alpha value is -1.97. The van der Waals surface area contributed by atoms with Crippen LogP contribution in [0.3, 0.4) is 0 Å². The zero-order valence-corrected chi connectivity index (χ0v) is 12.2. The molecule has 1 aromatic carbocycles. The standard InChI is InChI=1S/C17H20O4/c1-11-6-8-12(9-7-11)15(18)10-16(19)13-4-2-3-5-14(13)17(20)21/h6-9,13-14H,2-5,10H2,1H3,(H,20,21). The summed E-state index contributed by atoms with van der Waals surface area (Å²) in [5, 5.41) is 9.20. The van der Waals surface area contributed by atoms with Crippen LogP contribution in [0.1, 0.15) is 48.0 Å². The van der Waals surface area contributed by atoms with E-state index in [1.807, 2.05) is 19.1 Å². The number of hydrogen-bond donors (Lipinski definition) is 1. The van der Waals surface area contributed by atoms with E-state index in [9.17, 15) is 19.5 Å². The molecule has 112 valence electrons. The van der Waals surface area contributed by atoms with Crippen LogP contribution in [0.25, 0.3) is 0 Å². The van der Waals surface area contributed by atoms with Gasteiger partial charge in [-0.2, -0.15) is 0 Å². The zero-order chi connectivity index (χ0) is 15.4. The fourth-order valence-electron chi connectivity index (χ4n) is 2.94. The first-order valence-corrected chi connectivity index (χ1v) is 7.34. The third-order valence-corrected chi connectivity index (χ3v) is 4.21. The number of hydrogen-bond acceptors (Lipinski definition) is 3. The average molecular weight is 288 g/mol. The van der Waals surface area contributed by atoms with E-state index in [-0.39, 0.29) is 18.0 Å². The van der Waals surface area contributed by atoms with Gasteiger partial charge >= 0.3 is 5.97 Å². The molecule has 1 saturated carbocycles. The molecule has 1 fully saturated rings. The van der Waals surface area contributed by atoms with E-state index < -0.39 is 17.8 Å². The molecule has 0 spiro atoms. The molecule has 1 aliphatic rings. The van der Waals surface area contributed by atoms with Gasteiger partial charge in [0, 0.05) is 11.5 Å². The van der Waals surface area contributed by atoms with Gasteiger partial charge in [0.05, 0.1) is 12.3 Å². The smallest absolute Gasteiger partial charge is 0.307 e. The van der Waals surface area contributed by atoms with Crippen molar-refractivity contribution in [3.63, 3.8) is 0 Å². The second-order valence-corrected chi connectivity index (χ2v) is 5.77. The predicted octanol–water partition coefficient (Wildman–Crippen LogP) is 3.03. The summed E-state index contributed by atoms with van der Waals surface area (Å²) in [6.07, 6.45) is 2.62. The lowest BCUT2D eigenvalue weighted by atomic mass is 9.76. The van der Waals surface area contributed by atoms with Crippen molar-refractivity contribution in [3.8, 4) is 0 Å². The second kappa shape index (κ2) is 6.66. The number of carboxylic acids is 1. The van der Waals surface area contributed by atoms with Crippen molar-refractivity contribution in [2.75, 3.05) is 0 Å². The van der Waals surface area contributed by atoms with Crippen LogP contribution in [0.2, 0.25) is 0 Å². The highest BCUT2D eigenvalue weighted by atomic mass is 16.4. The Kier molecular flexibility index (Phi) is 4.89. The molecular formula is C17H20O4. The van der Waals surface area contributed by atoms with Crippen LogP contribution >= 0.6 is 0 Å². The molecule has 0 saturated heterocycles. The van der Waals surface area contributed by atoms with E-state index in [0.29, 0.717) is 18.4 Å². The highest BCUT2D eigenvalue weighted by Crippen LogP contribution is 2.32. The van der Waals surface area contributed by atoms with Gasteiger partial charge in [-0.3, -0.25) is 14.4 Å². The lowest BCUT2D eigenvalue weighted by Gasteiger charge is -2.27. The Morgan fingerprint density at radius 1 is 1.05 bits per heavy atom. The van der Waals surface area contributed by atoms with Crippen molar-refractivity contribution in [2.24, 2.45) is 11.8 Å². The summed E-state index contributed by atoms with van der Waals surface area (Å²) in [6.45, 7) is 1.93. The molecule has 0 amide bonds. The van der Waals surface area contributed by atoms with Crippen molar-refractivity contribution in [3.05, 3.63) is 35.4 Å². The number of ketones is 2. The van der Waals surface area contributed by atoms with Crippen LogP contribution in [0.15, 0.2) is 24.3 Å². The predicted molar refractivity (Wildman–Crippen MR) is 78.2 cm³/mol. The summed E-state index contributed by atoms with van der Waals surface area (Å²) in [4.78, 5) is 35.6. The summed E-state index contributed by atoms with van der Waals surface area (Å²) in [6, 6.07) is 7.08. The molecule has 0 radical (unpaired) electrons. The van der Waals surface area contributed by atoms with Gasteiger partial charge in [0.15, 0.2) is 5.78 Å². The van der Waals surface area contributed by atoms with E-state index >= 15 is 0 Å². The van der Waals surface area contributed by atoms with Crippen LogP contribution < -0.4 is 0 Å². The van der Waals surface area contributed by atoms with Crippen LogP contribution in [0.4, 0.5) is 0 Å². The molecular weight excluding hydrogens is 268 g/mol. The number of aliphatic carboxylic acids is 1. The normalized spacial score (nSPS) is 21.8. The van der Waals surface area contributed by atoms with Crippen LogP contribution in [0, 0.1) is 18.8 Å². The molecule has 2 unspecified atom stereocenters. The molecule has 2 atom stereocenters. The molecule has 0 aliphatic heterocycles. The highest BCUT2D eigenvalue weighted by Gasteiger charge is 2.36. The van der Waals surface area contributed by atoms with E-state index in [0.717, 1.165) is 18.4 Å². The topological polar surface area (TPSA) is 71.4 Å². The Labute approximate surface area is 124 Å². The summed E-state index contributed by atoms with van der Waals surface area (Å²) < 4.78 is 0. The van der Waals surface area contributed by atoms with E-state index in [4.69, 9.17) is 0 Å². The third-order valence-electron chi connectivity index (χ3n) is 4.21. The summed E-state index contributed by atoms with van der Waals surface area (Å²) in [5.41, 5.74) is 1.56. The first kappa shape index (κ1) is 15.4. The van der Waals surface area contributed by atoms with Crippen molar-refractivity contribution in [1.82, 2.24) is 0 Å². The fraction of sp³-hybridized carbons (Fsp3) is 0.471. The highest BCUT2D eigenvalue weighted by molar-refractivity contribution is 6.09. The van der Waals surface area contributed by atoms with Gasteiger partial charge < -0.3 is 5.11 Å². The van der Waals surface area contributed by atoms with Gasteiger partial charge in [0.1, 0.15) is 5.78 Å². The SMILES string of the molecule is Cc1ccc(C(=O)CC(=O)C2CCCCC2C(=O)O)cc1. The minimum atomic E-state index is -0.921. The van der Waals surface area contributed by atoms with E-state index in [1.165, 1.54) is 0 Å². The molecule has 0 aromatic heterocycles. The zero-order valence-electron chi connectivity index (χ0n) is 12.2. The quantitative estimate of drug-likeness (QED) is 0.667. The fourth-order valence-corrected chi connectivity index (χ4v) is 2.94. The molecule has 1 aliphatic carbocycles. The monoisotopic (exact) mass is 288 g/mol. The number of benzene rings is 1. The summed E-state index contributed by atoms with van der Waals surface area (Å²) >= 11 is 0. The number of aryl methyl sites for hydroxylation is 1. The molecule has 2 rings (SSSR count). The molecule has 1 N–H and O–H groups in total. The Bertz CT molecular complexity index is 544. The van der Waals surface area contributed by atoms with Gasteiger partial charge in [-0.15, -0.1) is 0 Å². The van der Waals surface area contributed by atoms with E-state index in [2.05, 4.69) is 0 Å². The average Bonchev–Trinajstić information content (AvgIpc) is 2.47. The van der Waals surface area contributed by atoms with Crippen LogP contribution in [-0.2, 0) is 9.59 Å². The maximum Gasteiger partial charge on any atom is 0.307 e. The minimum Gasteiger partial charge on any atom is -0.481 e. The number of carbonyl (C=O) groups is 3. The van der Waals surface area contributed by atoms with Gasteiger partial charge in [-0.25, -0.2) is 0 Å². The Morgan fingerprint density at radius 3 is 2.19 bits per heavy atom. The number of carboxylic acid groups (broad SMARTS) is 1. The molecule has 1 aromatic rings. The van der Waals surface area contributed by atoms with Crippen molar-refractivity contribution >= 4 is 17.5 Å². The molecule has 4 nitrogen and oxygen atoms in total. The first-order valence-electron chi connectivity index (χ1n) is 7.34. The largest absolute Gasteiger partial charge is 0.481 e. The molecule has 21 heavy (non-hydrogen) atoms. The Balaban J connectivity index is 2.04. The lowest BCUT2D eigenvalue weighted by molar-refractivity contribution is -0.148. The minimum absolute atomic E-state index is 0.197. The lowest BCUT2D eigenvalue weighted by Crippen LogP contribution is -2.33. The molecule has 0 heterocycles. The second-order valence-electron chi connectivity index (χ2n) is 5.77. The van der Waals surface area contributed by atoms with Crippen LogP contribution in [0.5, 0.6) is 0 Å². The summed E-state index contributed by atoms with van der Waals surface area (Å²) in [7, 11) is 0. The third kappa shape index (κ3) is 3.78. The van der Waals surface area contributed by atoms with Gasteiger partial charge in [0.25, 0.3) is 0 Å². The maximum atomic E-state index is 12.3. The van der Waals surface area contributed by atoms with Crippen molar-refractivity contribution in [2.45, 2.75) is 39.0 Å². The van der Waals surface area contributed by atoms with Gasteiger partial charge in [-0.1, -0.05) is 42.7 Å². The summed E-state index contributed by atoms with van der Waals surface area (Å²) in [5.74, 6) is -2.51. The van der Waals surface area contributed by atoms with Gasteiger partial charge in [-0.05, 0) is 19.8 Å². The van der Waals surface area contributed by atoms with Crippen molar-refractivity contribution < 1.29 is 19.5 Å². The van der Waals surface area contributed by atoms with Crippen LogP contribution in [-0.4, -0.2) is 22.6 Å². The number of rotatable bonds is 5. The van der Waals surface area contributed by atoms with Gasteiger partial charge in [0.2, 0.25) is 0 Å². The Morgan fingerprint density at radius 2 is 1.62 bits per heavy atom. The number of Topliss-reactive ketones (excluding diaryl/α,β-unsaturated/α-hetero) is 2. The van der Waals surface area contributed by atoms with Crippen molar-refractivity contribution in [1.29, 1.82) is 0 Å². The first-order chi connectivity index (χ1) is 9.99. The maximum absolute atomic E-state index is 12.3. The molecule has 4 heteroatoms. The van der Waals surface area contributed by atoms with E-state index in [1.54, 1.807) is 12.1 Å².